The first kappa shape index (κ1) is 19.8. The third-order valence-corrected chi connectivity index (χ3v) is 2.02. The van der Waals surface area contributed by atoms with Crippen molar-refractivity contribution in [3.63, 3.8) is 0 Å². The molecular formula is C12H7NY3-2. The smallest absolute Gasteiger partial charge is 0 e. The average Bonchev–Trinajstić information content (AvgIpc) is 2.18. The SMILES string of the molecule is Cc1[c-]c(C#N)[c-]c2ccccc12.[Y].[Y].[Y]. The van der Waals surface area contributed by atoms with Gasteiger partial charge < -0.3 is 5.26 Å². The van der Waals surface area contributed by atoms with Crippen LogP contribution < -0.4 is 0 Å². The zero-order valence-corrected chi connectivity index (χ0v) is 17.5. The maximum atomic E-state index is 8.71. The van der Waals surface area contributed by atoms with E-state index in [4.69, 9.17) is 5.26 Å². The number of benzene rings is 2. The van der Waals surface area contributed by atoms with Gasteiger partial charge in [-0.1, -0.05) is 25.1 Å². The first-order valence-corrected chi connectivity index (χ1v) is 4.05. The van der Waals surface area contributed by atoms with E-state index in [0.29, 0.717) is 5.56 Å². The number of aryl methyl sites for hydroxylation is 1. The fourth-order valence-electron chi connectivity index (χ4n) is 1.40. The van der Waals surface area contributed by atoms with Crippen LogP contribution in [0.4, 0.5) is 0 Å². The molecule has 0 bridgehead atoms. The van der Waals surface area contributed by atoms with E-state index in [-0.39, 0.29) is 98.1 Å². The van der Waals surface area contributed by atoms with Gasteiger partial charge >= 0.3 is 0 Å². The van der Waals surface area contributed by atoms with Gasteiger partial charge in [0.15, 0.2) is 0 Å². The number of fused-ring (bicyclic) bond motifs is 1. The Hall–Kier alpha value is 1.50. The molecule has 2 aromatic carbocycles. The van der Waals surface area contributed by atoms with E-state index in [9.17, 15) is 0 Å². The molecule has 0 aromatic heterocycles. The Kier molecular flexibility index (Phi) is 11.7. The molecule has 0 fully saturated rings. The van der Waals surface area contributed by atoms with E-state index >= 15 is 0 Å². The molecule has 71 valence electrons. The van der Waals surface area contributed by atoms with Crippen LogP contribution in [0.15, 0.2) is 24.3 Å². The summed E-state index contributed by atoms with van der Waals surface area (Å²) in [6, 6.07) is 15.9. The maximum Gasteiger partial charge on any atom is 0 e. The fraction of sp³-hybridized carbons (Fsp3) is 0.0833. The first-order valence-electron chi connectivity index (χ1n) is 4.05. The molecule has 1 nitrogen and oxygen atoms in total. The summed E-state index contributed by atoms with van der Waals surface area (Å²) in [7, 11) is 0. The van der Waals surface area contributed by atoms with Crippen LogP contribution in [-0.2, 0) is 98.1 Å². The van der Waals surface area contributed by atoms with Crippen LogP contribution in [0, 0.1) is 30.4 Å². The summed E-state index contributed by atoms with van der Waals surface area (Å²) in [6.45, 7) is 1.96. The Morgan fingerprint density at radius 2 is 1.69 bits per heavy atom. The molecule has 0 saturated carbocycles. The molecular weight excluding hydrogens is 425 g/mol. The summed E-state index contributed by atoms with van der Waals surface area (Å²) in [5.41, 5.74) is 1.49. The minimum Gasteiger partial charge on any atom is -0.330 e. The van der Waals surface area contributed by atoms with Crippen LogP contribution in [0.25, 0.3) is 10.8 Å². The maximum absolute atomic E-state index is 8.71. The van der Waals surface area contributed by atoms with Gasteiger partial charge in [0.2, 0.25) is 0 Å². The summed E-state index contributed by atoms with van der Waals surface area (Å²) in [4.78, 5) is 0. The van der Waals surface area contributed by atoms with Crippen LogP contribution in [-0.4, -0.2) is 0 Å². The molecule has 2 aromatic rings. The number of rotatable bonds is 0. The molecule has 0 aliphatic heterocycles. The van der Waals surface area contributed by atoms with Gasteiger partial charge in [-0.05, 0) is 0 Å². The van der Waals surface area contributed by atoms with E-state index in [1.807, 2.05) is 37.3 Å². The van der Waals surface area contributed by atoms with Gasteiger partial charge in [0, 0.05) is 98.1 Å². The number of hydrogen-bond acceptors (Lipinski definition) is 1. The van der Waals surface area contributed by atoms with Gasteiger partial charge in [-0.3, -0.25) is 12.1 Å². The Balaban J connectivity index is 0. The van der Waals surface area contributed by atoms with Gasteiger partial charge in [-0.15, -0.1) is 6.07 Å². The van der Waals surface area contributed by atoms with E-state index < -0.39 is 0 Å². The van der Waals surface area contributed by atoms with Crippen molar-refractivity contribution in [2.45, 2.75) is 6.92 Å². The van der Waals surface area contributed by atoms with Crippen molar-refractivity contribution in [1.82, 2.24) is 0 Å². The minimum atomic E-state index is 0. The van der Waals surface area contributed by atoms with Gasteiger partial charge in [0.1, 0.15) is 0 Å². The van der Waals surface area contributed by atoms with Crippen molar-refractivity contribution in [2.75, 3.05) is 0 Å². The molecule has 16 heavy (non-hydrogen) atoms. The van der Waals surface area contributed by atoms with E-state index in [2.05, 4.69) is 12.1 Å². The molecule has 0 heterocycles. The Morgan fingerprint density at radius 1 is 1.06 bits per heavy atom. The van der Waals surface area contributed by atoms with E-state index in [1.54, 1.807) is 0 Å². The van der Waals surface area contributed by atoms with Crippen LogP contribution in [0.1, 0.15) is 11.1 Å². The van der Waals surface area contributed by atoms with Gasteiger partial charge in [-0.25, -0.2) is 11.1 Å². The minimum absolute atomic E-state index is 0. The zero-order chi connectivity index (χ0) is 9.26. The number of hydrogen-bond donors (Lipinski definition) is 0. The van der Waals surface area contributed by atoms with Crippen LogP contribution in [0.3, 0.4) is 0 Å². The van der Waals surface area contributed by atoms with Gasteiger partial charge in [-0.2, -0.15) is 16.8 Å². The van der Waals surface area contributed by atoms with Crippen molar-refractivity contribution < 1.29 is 98.1 Å². The predicted molar refractivity (Wildman–Crippen MR) is 51.1 cm³/mol. The molecule has 4 heteroatoms. The predicted octanol–water partition coefficient (Wildman–Crippen LogP) is 2.61. The standard InChI is InChI=1S/C12H7N.3Y/c1-9-6-10(8-13)7-11-4-2-3-5-12(9)11;;;/h2-5H,1H3;;;/q-2;;;. The largest absolute Gasteiger partial charge is 0.330 e. The van der Waals surface area contributed by atoms with Gasteiger partial charge in [0.25, 0.3) is 0 Å². The molecule has 0 unspecified atom stereocenters. The fourth-order valence-corrected chi connectivity index (χ4v) is 1.40. The van der Waals surface area contributed by atoms with Crippen LogP contribution >= 0.6 is 0 Å². The van der Waals surface area contributed by atoms with Crippen molar-refractivity contribution in [1.29, 1.82) is 5.26 Å². The summed E-state index contributed by atoms with van der Waals surface area (Å²) in [5, 5.41) is 10.8. The topological polar surface area (TPSA) is 23.8 Å². The Morgan fingerprint density at radius 3 is 2.31 bits per heavy atom. The molecule has 0 atom stereocenters. The van der Waals surface area contributed by atoms with Crippen LogP contribution in [0.5, 0.6) is 0 Å². The van der Waals surface area contributed by atoms with Crippen molar-refractivity contribution in [3.8, 4) is 6.07 Å². The second-order valence-electron chi connectivity index (χ2n) is 2.91. The zero-order valence-electron chi connectivity index (χ0n) is 8.99. The summed E-state index contributed by atoms with van der Waals surface area (Å²) >= 11 is 0. The molecule has 3 radical (unpaired) electrons. The van der Waals surface area contributed by atoms with Gasteiger partial charge in [0.05, 0.1) is 0 Å². The second kappa shape index (κ2) is 9.43. The third-order valence-electron chi connectivity index (χ3n) is 2.02. The Bertz CT molecular complexity index is 503. The molecule has 2 rings (SSSR count). The first-order chi connectivity index (χ1) is 6.31. The van der Waals surface area contributed by atoms with E-state index in [1.165, 1.54) is 0 Å². The monoisotopic (exact) mass is 432 g/mol. The quantitative estimate of drug-likeness (QED) is 0.588. The average molecular weight is 432 g/mol. The van der Waals surface area contributed by atoms with Crippen LogP contribution in [0.2, 0.25) is 0 Å². The molecule has 0 aliphatic rings. The molecule has 0 amide bonds. The third kappa shape index (κ3) is 4.64. The van der Waals surface area contributed by atoms with Crippen molar-refractivity contribution >= 4 is 10.8 Å². The molecule has 0 saturated heterocycles. The summed E-state index contributed by atoms with van der Waals surface area (Å²) < 4.78 is 0. The Labute approximate surface area is 171 Å². The number of nitrogens with zero attached hydrogens (tertiary/aromatic N) is 1. The normalized spacial score (nSPS) is 8.00. The summed E-state index contributed by atoms with van der Waals surface area (Å²) in [5.74, 6) is 0. The van der Waals surface area contributed by atoms with Crippen molar-refractivity contribution in [2.24, 2.45) is 0 Å². The van der Waals surface area contributed by atoms with E-state index in [0.717, 1.165) is 16.3 Å². The summed E-state index contributed by atoms with van der Waals surface area (Å²) in [6.07, 6.45) is 0. The number of nitriles is 1. The van der Waals surface area contributed by atoms with Crippen molar-refractivity contribution in [3.05, 3.63) is 47.5 Å². The molecule has 0 N–H and O–H groups in total. The second-order valence-corrected chi connectivity index (χ2v) is 2.91. The molecule has 0 aliphatic carbocycles. The molecule has 0 spiro atoms.